The molecular weight excluding hydrogens is 717 g/mol. The number of aromatic nitrogens is 4. The van der Waals surface area contributed by atoms with E-state index in [-0.39, 0.29) is 18.2 Å². The number of imidazole rings is 2. The minimum absolute atomic E-state index is 0.121. The van der Waals surface area contributed by atoms with E-state index in [1.54, 1.807) is 32.5 Å². The number of H-pyrrole nitrogens is 2. The number of ether oxygens (including phenoxy) is 2. The molecule has 1 unspecified atom stereocenters. The van der Waals surface area contributed by atoms with Crippen LogP contribution in [-0.2, 0) is 16.0 Å². The molecule has 8 rings (SSSR count). The Hall–Kier alpha value is -4.94. The molecule has 0 radical (unpaired) electrons. The number of rotatable bonds is 7. The number of nitrogens with zero attached hydrogens (tertiary/aromatic N) is 4. The molecule has 0 bridgehead atoms. The highest BCUT2D eigenvalue weighted by Crippen LogP contribution is 2.41. The van der Waals surface area contributed by atoms with Gasteiger partial charge < -0.3 is 24.3 Å². The number of aromatic amines is 2. The molecule has 5 heterocycles. The Morgan fingerprint density at radius 2 is 1.41 bits per heavy atom. The minimum Gasteiger partial charge on any atom is -0.444 e. The monoisotopic (exact) mass is 762 g/mol. The third-order valence-electron chi connectivity index (χ3n) is 9.44. The highest BCUT2D eigenvalue weighted by molar-refractivity contribution is 7.23. The van der Waals surface area contributed by atoms with Gasteiger partial charge in [-0.3, -0.25) is 4.90 Å². The van der Waals surface area contributed by atoms with Gasteiger partial charge in [0, 0.05) is 32.2 Å². The van der Waals surface area contributed by atoms with E-state index in [0.717, 1.165) is 64.1 Å². The average Bonchev–Trinajstić information content (AvgIpc) is 3.93. The van der Waals surface area contributed by atoms with E-state index in [9.17, 15) is 9.59 Å². The van der Waals surface area contributed by atoms with Gasteiger partial charge in [0.2, 0.25) is 0 Å². The van der Waals surface area contributed by atoms with Crippen LogP contribution in [0.2, 0.25) is 0 Å². The first-order valence-electron chi connectivity index (χ1n) is 18.6. The van der Waals surface area contributed by atoms with Gasteiger partial charge in [0.05, 0.1) is 34.7 Å². The Balaban J connectivity index is 1.01. The highest BCUT2D eigenvalue weighted by Gasteiger charge is 2.35. The van der Waals surface area contributed by atoms with E-state index in [1.165, 1.54) is 29.9 Å². The number of likely N-dealkylation sites (tertiary alicyclic amines) is 1. The first-order valence-corrected chi connectivity index (χ1v) is 20.3. The van der Waals surface area contributed by atoms with Crippen molar-refractivity contribution in [2.75, 3.05) is 13.1 Å². The predicted octanol–water partition coefficient (Wildman–Crippen LogP) is 11.4. The Morgan fingerprint density at radius 3 is 2.00 bits per heavy atom. The summed E-state index contributed by atoms with van der Waals surface area (Å²) in [5, 5.41) is 2.43. The summed E-state index contributed by atoms with van der Waals surface area (Å²) >= 11 is 3.57. The third kappa shape index (κ3) is 7.41. The van der Waals surface area contributed by atoms with Gasteiger partial charge in [0.1, 0.15) is 22.9 Å². The van der Waals surface area contributed by atoms with Crippen molar-refractivity contribution in [3.05, 3.63) is 72.3 Å². The molecule has 3 aromatic carbocycles. The van der Waals surface area contributed by atoms with Crippen molar-refractivity contribution in [3.63, 3.8) is 0 Å². The normalized spacial score (nSPS) is 15.2. The summed E-state index contributed by atoms with van der Waals surface area (Å²) in [7, 11) is 0. The lowest BCUT2D eigenvalue weighted by atomic mass is 10.1. The van der Waals surface area contributed by atoms with Gasteiger partial charge >= 0.3 is 12.2 Å². The second-order valence-corrected chi connectivity index (χ2v) is 18.3. The largest absolute Gasteiger partial charge is 0.444 e. The number of carbonyl (C=O) groups is 2. The van der Waals surface area contributed by atoms with E-state index in [2.05, 4.69) is 64.6 Å². The number of fused-ring (bicyclic) bond motifs is 4. The Morgan fingerprint density at radius 1 is 0.815 bits per heavy atom. The smallest absolute Gasteiger partial charge is 0.410 e. The van der Waals surface area contributed by atoms with E-state index in [4.69, 9.17) is 19.4 Å². The van der Waals surface area contributed by atoms with Gasteiger partial charge in [-0.15, -0.1) is 22.7 Å². The summed E-state index contributed by atoms with van der Waals surface area (Å²) < 4.78 is 13.8. The zero-order valence-electron chi connectivity index (χ0n) is 31.8. The van der Waals surface area contributed by atoms with Gasteiger partial charge in [-0.05, 0) is 131 Å². The number of carbonyl (C=O) groups excluding carboxylic acids is 2. The number of amides is 2. The maximum atomic E-state index is 12.9. The molecule has 1 fully saturated rings. The Kier molecular flexibility index (Phi) is 9.16. The summed E-state index contributed by atoms with van der Waals surface area (Å²) in [6.45, 7) is 15.0. The molecule has 2 amide bonds. The molecule has 1 saturated heterocycles. The van der Waals surface area contributed by atoms with Crippen LogP contribution < -0.4 is 0 Å². The van der Waals surface area contributed by atoms with Crippen LogP contribution in [0.1, 0.15) is 85.4 Å². The lowest BCUT2D eigenvalue weighted by molar-refractivity contribution is 0.0213. The molecule has 4 aromatic heterocycles. The van der Waals surface area contributed by atoms with Crippen LogP contribution in [0, 0.1) is 0 Å². The van der Waals surface area contributed by atoms with Crippen LogP contribution in [-0.4, -0.2) is 66.2 Å². The van der Waals surface area contributed by atoms with Gasteiger partial charge in [-0.25, -0.2) is 19.6 Å². The fourth-order valence-corrected chi connectivity index (χ4v) is 9.27. The van der Waals surface area contributed by atoms with Crippen molar-refractivity contribution in [3.8, 4) is 20.9 Å². The molecule has 0 aliphatic carbocycles. The van der Waals surface area contributed by atoms with E-state index in [0.29, 0.717) is 19.6 Å². The van der Waals surface area contributed by atoms with E-state index in [1.807, 2.05) is 54.5 Å². The third-order valence-corrected chi connectivity index (χ3v) is 11.7. The summed E-state index contributed by atoms with van der Waals surface area (Å²) in [6.07, 6.45) is 1.99. The molecule has 280 valence electrons. The Labute approximate surface area is 322 Å². The van der Waals surface area contributed by atoms with Crippen LogP contribution >= 0.6 is 22.7 Å². The van der Waals surface area contributed by atoms with Gasteiger partial charge in [-0.1, -0.05) is 19.1 Å². The van der Waals surface area contributed by atoms with E-state index >= 15 is 0 Å². The topological polar surface area (TPSA) is 116 Å². The molecular formula is C42H46N6O4S2. The SMILES string of the molecule is CCCN(Cc1nc2ccc(-c3cc4cc5sc(-c6ccc7nc(C8CCCN8C(=O)OC(C)(C)C)[nH]c7c6)cc5cc4s3)cc2[nH]1)C(=O)OC(C)(C)C. The molecule has 0 saturated carbocycles. The molecule has 2 N–H and O–H groups in total. The first kappa shape index (κ1) is 36.1. The first-order chi connectivity index (χ1) is 25.7. The second kappa shape index (κ2) is 13.7. The predicted molar refractivity (Wildman–Crippen MR) is 219 cm³/mol. The van der Waals surface area contributed by atoms with Crippen molar-refractivity contribution in [2.24, 2.45) is 0 Å². The quantitative estimate of drug-likeness (QED) is 0.167. The van der Waals surface area contributed by atoms with Crippen molar-refractivity contribution in [1.29, 1.82) is 0 Å². The second-order valence-electron chi connectivity index (χ2n) is 16.2. The number of benzene rings is 3. The molecule has 1 aliphatic heterocycles. The number of hydrogen-bond acceptors (Lipinski definition) is 8. The number of hydrogen-bond donors (Lipinski definition) is 2. The molecule has 10 nitrogen and oxygen atoms in total. The summed E-state index contributed by atoms with van der Waals surface area (Å²) in [6, 6.07) is 21.7. The van der Waals surface area contributed by atoms with Crippen LogP contribution in [0.5, 0.6) is 0 Å². The fourth-order valence-electron chi connectivity index (χ4n) is 7.09. The highest BCUT2D eigenvalue weighted by atomic mass is 32.1. The van der Waals surface area contributed by atoms with Crippen LogP contribution in [0.3, 0.4) is 0 Å². The van der Waals surface area contributed by atoms with Gasteiger partial charge in [-0.2, -0.15) is 0 Å². The maximum absolute atomic E-state index is 12.9. The zero-order valence-corrected chi connectivity index (χ0v) is 33.5. The summed E-state index contributed by atoms with van der Waals surface area (Å²) in [5.74, 6) is 1.54. The minimum atomic E-state index is -0.556. The fraction of sp³-hybridized carbons (Fsp3) is 0.381. The Bertz CT molecular complexity index is 2480. The lowest BCUT2D eigenvalue weighted by Crippen LogP contribution is -2.37. The van der Waals surface area contributed by atoms with Crippen molar-refractivity contribution >= 4 is 77.1 Å². The molecule has 1 aliphatic rings. The molecule has 54 heavy (non-hydrogen) atoms. The lowest BCUT2D eigenvalue weighted by Gasteiger charge is -2.27. The standard InChI is InChI=1S/C42H46N6O4S2/c1-8-15-47(39(49)51-41(2,3)4)23-37-43-28-13-11-24(17-30(28)44-37)33-19-26-21-36-27(22-35(26)53-33)20-34(54-36)25-12-14-29-31(18-25)46-38(45-29)32-10-9-16-48(32)40(50)52-42(5,6)7/h11-14,17-22,32H,8-10,15-16,23H2,1-7H3,(H,43,44)(H,45,46). The van der Waals surface area contributed by atoms with Gasteiger partial charge in [0.25, 0.3) is 0 Å². The van der Waals surface area contributed by atoms with Crippen molar-refractivity contribution < 1.29 is 19.1 Å². The number of thiophene rings is 2. The zero-order chi connectivity index (χ0) is 37.9. The number of nitrogens with one attached hydrogen (secondary N) is 2. The molecule has 1 atom stereocenters. The van der Waals surface area contributed by atoms with Crippen LogP contribution in [0.4, 0.5) is 9.59 Å². The molecule has 7 aromatic rings. The summed E-state index contributed by atoms with van der Waals surface area (Å²) in [5.41, 5.74) is 4.82. The summed E-state index contributed by atoms with van der Waals surface area (Å²) in [4.78, 5) is 48.3. The van der Waals surface area contributed by atoms with Gasteiger partial charge in [0.15, 0.2) is 0 Å². The molecule has 12 heteroatoms. The molecule has 0 spiro atoms. The van der Waals surface area contributed by atoms with Crippen LogP contribution in [0.15, 0.2) is 60.7 Å². The maximum Gasteiger partial charge on any atom is 0.410 e. The van der Waals surface area contributed by atoms with Crippen molar-refractivity contribution in [2.45, 2.75) is 91.5 Å². The van der Waals surface area contributed by atoms with Crippen LogP contribution in [0.25, 0.3) is 63.1 Å². The van der Waals surface area contributed by atoms with E-state index < -0.39 is 11.2 Å². The van der Waals surface area contributed by atoms with Crippen molar-refractivity contribution in [1.82, 2.24) is 29.7 Å². The average molecular weight is 763 g/mol.